The van der Waals surface area contributed by atoms with E-state index in [0.717, 1.165) is 11.1 Å². The van der Waals surface area contributed by atoms with Crippen molar-refractivity contribution in [2.24, 2.45) is 10.2 Å². The van der Waals surface area contributed by atoms with Gasteiger partial charge in [-0.15, -0.1) is 0 Å². The van der Waals surface area contributed by atoms with E-state index >= 15 is 0 Å². The Balaban J connectivity index is 1.56. The van der Waals surface area contributed by atoms with Crippen molar-refractivity contribution in [3.8, 4) is 11.5 Å². The van der Waals surface area contributed by atoms with E-state index in [9.17, 15) is 29.8 Å². The first-order valence-electron chi connectivity index (χ1n) is 14.4. The third-order valence-corrected chi connectivity index (χ3v) is 6.53. The molecule has 47 heavy (non-hydrogen) atoms. The lowest BCUT2D eigenvalue weighted by molar-refractivity contribution is -0.385. The molecule has 0 bridgehead atoms. The summed E-state index contributed by atoms with van der Waals surface area (Å²) in [6.45, 7) is 3.37. The molecule has 0 fully saturated rings. The Kier molecular flexibility index (Phi) is 11.4. The topological polar surface area (TPSA) is 188 Å². The van der Waals surface area contributed by atoms with Gasteiger partial charge in [0.1, 0.15) is 11.5 Å². The first-order chi connectivity index (χ1) is 22.6. The Morgan fingerprint density at radius 1 is 0.660 bits per heavy atom. The molecule has 14 nitrogen and oxygen atoms in total. The summed E-state index contributed by atoms with van der Waals surface area (Å²) in [7, 11) is 0. The van der Waals surface area contributed by atoms with Gasteiger partial charge in [0.2, 0.25) is 0 Å². The van der Waals surface area contributed by atoms with E-state index in [1.54, 1.807) is 26.0 Å². The zero-order valence-corrected chi connectivity index (χ0v) is 25.4. The number of esters is 2. The zero-order valence-electron chi connectivity index (χ0n) is 25.4. The average molecular weight is 639 g/mol. The summed E-state index contributed by atoms with van der Waals surface area (Å²) in [5.41, 5.74) is 9.30. The largest absolute Gasteiger partial charge is 0.426 e. The van der Waals surface area contributed by atoms with Gasteiger partial charge >= 0.3 is 11.9 Å². The molecule has 240 valence electrons. The highest BCUT2D eigenvalue weighted by Crippen LogP contribution is 2.25. The molecule has 0 aliphatic carbocycles. The minimum Gasteiger partial charge on any atom is -0.426 e. The van der Waals surface area contributed by atoms with Crippen molar-refractivity contribution in [3.05, 3.63) is 127 Å². The summed E-state index contributed by atoms with van der Waals surface area (Å²) in [6.07, 6.45) is 3.77. The van der Waals surface area contributed by atoms with Crippen LogP contribution in [0.4, 0.5) is 22.7 Å². The maximum absolute atomic E-state index is 12.1. The molecule has 0 atom stereocenters. The van der Waals surface area contributed by atoms with Crippen LogP contribution in [-0.2, 0) is 16.0 Å². The number of hydrogen-bond donors (Lipinski definition) is 2. The van der Waals surface area contributed by atoms with Crippen LogP contribution in [0.5, 0.6) is 11.5 Å². The molecule has 14 heteroatoms. The van der Waals surface area contributed by atoms with Gasteiger partial charge in [-0.05, 0) is 66.1 Å². The molecular formula is C33H30N6O8. The smallest absolute Gasteiger partial charge is 0.310 e. The SMILES string of the molecule is CCC(=O)Oc1ccc(Cc2ccc(OC(=O)CC)c(/C=N/Nc3ccc([N+](=O)[O-])cc3)c2)cc1/C=N/Nc1ccc([N+](=O)[O-])cc1. The van der Waals surface area contributed by atoms with E-state index in [2.05, 4.69) is 21.1 Å². The number of nitro benzene ring substituents is 2. The Hall–Kier alpha value is -6.44. The number of hydrogen-bond acceptors (Lipinski definition) is 12. The van der Waals surface area contributed by atoms with Gasteiger partial charge in [-0.2, -0.15) is 10.2 Å². The Morgan fingerprint density at radius 3 is 1.38 bits per heavy atom. The molecule has 0 unspecified atom stereocenters. The van der Waals surface area contributed by atoms with Crippen LogP contribution in [0.15, 0.2) is 95.1 Å². The molecule has 4 aromatic carbocycles. The number of rotatable bonds is 14. The second kappa shape index (κ2) is 16.0. The first kappa shape index (κ1) is 33.5. The van der Waals surface area contributed by atoms with Crippen LogP contribution in [0.1, 0.15) is 48.9 Å². The van der Waals surface area contributed by atoms with Crippen LogP contribution in [0.25, 0.3) is 0 Å². The minimum atomic E-state index is -0.493. The molecule has 0 heterocycles. The number of anilines is 2. The summed E-state index contributed by atoms with van der Waals surface area (Å²) in [4.78, 5) is 45.0. The lowest BCUT2D eigenvalue weighted by Crippen LogP contribution is -2.08. The Bertz CT molecular complexity index is 1690. The van der Waals surface area contributed by atoms with Crippen LogP contribution in [-0.4, -0.2) is 34.2 Å². The lowest BCUT2D eigenvalue weighted by Gasteiger charge is -2.11. The summed E-state index contributed by atoms with van der Waals surface area (Å²) in [5.74, 6) is -0.220. The van der Waals surface area contributed by atoms with Crippen molar-refractivity contribution >= 4 is 47.1 Å². The second-order valence-corrected chi connectivity index (χ2v) is 9.92. The van der Waals surface area contributed by atoms with Crippen LogP contribution in [0, 0.1) is 20.2 Å². The minimum absolute atomic E-state index is 0.0484. The third-order valence-electron chi connectivity index (χ3n) is 6.53. The molecule has 4 rings (SSSR count). The van der Waals surface area contributed by atoms with Gasteiger partial charge < -0.3 is 9.47 Å². The molecule has 0 aliphatic heterocycles. The van der Waals surface area contributed by atoms with Crippen LogP contribution in [0.3, 0.4) is 0 Å². The van der Waals surface area contributed by atoms with Crippen LogP contribution in [0.2, 0.25) is 0 Å². The van der Waals surface area contributed by atoms with Crippen molar-refractivity contribution in [3.63, 3.8) is 0 Å². The van der Waals surface area contributed by atoms with E-state index in [1.807, 2.05) is 24.3 Å². The normalized spacial score (nSPS) is 10.9. The number of nitrogens with zero attached hydrogens (tertiary/aromatic N) is 4. The highest BCUT2D eigenvalue weighted by Gasteiger charge is 2.12. The van der Waals surface area contributed by atoms with Crippen molar-refractivity contribution in [1.82, 2.24) is 0 Å². The highest BCUT2D eigenvalue weighted by atomic mass is 16.6. The van der Waals surface area contributed by atoms with Gasteiger partial charge in [0.25, 0.3) is 11.4 Å². The average Bonchev–Trinajstić information content (AvgIpc) is 3.07. The Labute approximate surface area is 269 Å². The molecule has 0 saturated heterocycles. The van der Waals surface area contributed by atoms with E-state index in [4.69, 9.17) is 9.47 Å². The number of non-ortho nitro benzene ring substituents is 2. The van der Waals surface area contributed by atoms with Crippen molar-refractivity contribution < 1.29 is 28.9 Å². The quantitative estimate of drug-likeness (QED) is 0.0499. The predicted molar refractivity (Wildman–Crippen MR) is 176 cm³/mol. The molecular weight excluding hydrogens is 608 g/mol. The van der Waals surface area contributed by atoms with Crippen LogP contribution < -0.4 is 20.3 Å². The van der Waals surface area contributed by atoms with E-state index < -0.39 is 21.8 Å². The van der Waals surface area contributed by atoms with Crippen molar-refractivity contribution in [2.45, 2.75) is 33.1 Å². The molecule has 0 radical (unpaired) electrons. The molecule has 0 aliphatic rings. The van der Waals surface area contributed by atoms with Crippen molar-refractivity contribution in [1.29, 1.82) is 0 Å². The van der Waals surface area contributed by atoms with Gasteiger partial charge in [-0.3, -0.25) is 40.7 Å². The monoisotopic (exact) mass is 638 g/mol. The molecule has 0 saturated carbocycles. The summed E-state index contributed by atoms with van der Waals surface area (Å²) in [5, 5.41) is 30.3. The second-order valence-electron chi connectivity index (χ2n) is 9.92. The summed E-state index contributed by atoms with van der Waals surface area (Å²) in [6, 6.07) is 22.1. The fourth-order valence-electron chi connectivity index (χ4n) is 4.10. The molecule has 2 N–H and O–H groups in total. The number of hydrazone groups is 2. The molecule has 0 spiro atoms. The van der Waals surface area contributed by atoms with Crippen LogP contribution >= 0.6 is 0 Å². The fourth-order valence-corrected chi connectivity index (χ4v) is 4.10. The van der Waals surface area contributed by atoms with Crippen molar-refractivity contribution in [2.75, 3.05) is 10.9 Å². The number of benzene rings is 4. The van der Waals surface area contributed by atoms with Gasteiger partial charge in [-0.25, -0.2) is 0 Å². The maximum Gasteiger partial charge on any atom is 0.310 e. The lowest BCUT2D eigenvalue weighted by atomic mass is 10.0. The molecule has 0 aromatic heterocycles. The molecule has 0 amide bonds. The van der Waals surface area contributed by atoms with Gasteiger partial charge in [0, 0.05) is 48.2 Å². The number of ether oxygens (including phenoxy) is 2. The number of carbonyl (C=O) groups excluding carboxylic acids is 2. The summed E-state index contributed by atoms with van der Waals surface area (Å²) < 4.78 is 11.0. The first-order valence-corrected chi connectivity index (χ1v) is 14.4. The van der Waals surface area contributed by atoms with E-state index in [1.165, 1.54) is 61.0 Å². The fraction of sp³-hybridized carbons (Fsp3) is 0.152. The Morgan fingerprint density at radius 2 is 1.04 bits per heavy atom. The number of carbonyl (C=O) groups is 2. The number of nitrogens with one attached hydrogen (secondary N) is 2. The molecule has 4 aromatic rings. The standard InChI is InChI=1S/C33H30N6O8/c1-3-32(40)46-30-15-5-22(18-24(30)20-34-36-26-7-11-28(12-8-26)38(42)43)17-23-6-16-31(47-33(41)4-2)25(19-23)21-35-37-27-9-13-29(14-10-27)39(44)45/h5-16,18-21,36-37H,3-4,17H2,1-2H3/b34-20+,35-21+. The van der Waals surface area contributed by atoms with Gasteiger partial charge in [0.15, 0.2) is 0 Å². The highest BCUT2D eigenvalue weighted by molar-refractivity contribution is 5.87. The van der Waals surface area contributed by atoms with Gasteiger partial charge in [0.05, 0.1) is 33.7 Å². The predicted octanol–water partition coefficient (Wildman–Crippen LogP) is 6.62. The third kappa shape index (κ3) is 9.78. The summed E-state index contributed by atoms with van der Waals surface area (Å²) >= 11 is 0. The maximum atomic E-state index is 12.1. The zero-order chi connectivity index (χ0) is 33.8. The van der Waals surface area contributed by atoms with E-state index in [-0.39, 0.29) is 24.2 Å². The van der Waals surface area contributed by atoms with Gasteiger partial charge in [-0.1, -0.05) is 26.0 Å². The number of nitro groups is 2. The van der Waals surface area contributed by atoms with E-state index in [0.29, 0.717) is 40.4 Å².